The van der Waals surface area contributed by atoms with Crippen molar-refractivity contribution >= 4 is 18.3 Å². The quantitative estimate of drug-likeness (QED) is 0.799. The Bertz CT molecular complexity index is 482. The van der Waals surface area contributed by atoms with Crippen LogP contribution in [0.2, 0.25) is 0 Å². The number of rotatable bonds is 7. The number of nitrogens with two attached hydrogens (primary N) is 1. The largest absolute Gasteiger partial charge is 0.493 e. The molecule has 3 N–H and O–H groups in total. The van der Waals surface area contributed by atoms with E-state index in [-0.39, 0.29) is 23.9 Å². The highest BCUT2D eigenvalue weighted by atomic mass is 35.5. The number of halogens is 1. The van der Waals surface area contributed by atoms with Crippen molar-refractivity contribution in [2.75, 3.05) is 13.2 Å². The third-order valence-corrected chi connectivity index (χ3v) is 4.50. The normalized spacial score (nSPS) is 16.0. The summed E-state index contributed by atoms with van der Waals surface area (Å²) >= 11 is 0. The summed E-state index contributed by atoms with van der Waals surface area (Å²) in [4.78, 5) is 12.1. The Morgan fingerprint density at radius 1 is 1.26 bits per heavy atom. The zero-order chi connectivity index (χ0) is 16.0. The van der Waals surface area contributed by atoms with Gasteiger partial charge in [0.2, 0.25) is 5.91 Å². The second kappa shape index (κ2) is 9.14. The maximum absolute atomic E-state index is 12.1. The predicted octanol–water partition coefficient (Wildman–Crippen LogP) is 3.39. The molecule has 0 bridgehead atoms. The molecule has 0 aliphatic heterocycles. The summed E-state index contributed by atoms with van der Waals surface area (Å²) in [5.74, 6) is 1.36. The van der Waals surface area contributed by atoms with Crippen LogP contribution in [0.15, 0.2) is 24.3 Å². The van der Waals surface area contributed by atoms with Gasteiger partial charge in [0.15, 0.2) is 0 Å². The van der Waals surface area contributed by atoms with Gasteiger partial charge in [0, 0.05) is 6.54 Å². The number of hydrogen-bond acceptors (Lipinski definition) is 3. The van der Waals surface area contributed by atoms with E-state index in [0.29, 0.717) is 25.5 Å². The lowest BCUT2D eigenvalue weighted by Crippen LogP contribution is -2.51. The molecule has 1 aromatic carbocycles. The van der Waals surface area contributed by atoms with E-state index in [9.17, 15) is 4.79 Å². The van der Waals surface area contributed by atoms with Crippen molar-refractivity contribution < 1.29 is 9.53 Å². The van der Waals surface area contributed by atoms with E-state index in [2.05, 4.69) is 31.3 Å². The van der Waals surface area contributed by atoms with Crippen molar-refractivity contribution in [1.82, 2.24) is 5.32 Å². The van der Waals surface area contributed by atoms with Gasteiger partial charge in [-0.2, -0.15) is 0 Å². The molecule has 0 saturated heterocycles. The van der Waals surface area contributed by atoms with Crippen molar-refractivity contribution in [2.45, 2.75) is 57.4 Å². The van der Waals surface area contributed by atoms with Crippen LogP contribution in [-0.2, 0) is 4.79 Å². The monoisotopic (exact) mass is 340 g/mol. The molecule has 0 spiro atoms. The third-order valence-electron chi connectivity index (χ3n) is 4.50. The summed E-state index contributed by atoms with van der Waals surface area (Å²) in [5.41, 5.74) is 6.95. The summed E-state index contributed by atoms with van der Waals surface area (Å²) in [7, 11) is 0. The molecule has 1 fully saturated rings. The fourth-order valence-corrected chi connectivity index (χ4v) is 3.00. The van der Waals surface area contributed by atoms with Crippen molar-refractivity contribution in [2.24, 2.45) is 5.73 Å². The molecule has 23 heavy (non-hydrogen) atoms. The lowest BCUT2D eigenvalue weighted by atomic mass is 9.98. The predicted molar refractivity (Wildman–Crippen MR) is 96.3 cm³/mol. The van der Waals surface area contributed by atoms with Crippen LogP contribution in [0.1, 0.15) is 57.4 Å². The number of carbonyl (C=O) groups is 1. The third kappa shape index (κ3) is 5.70. The van der Waals surface area contributed by atoms with Crippen LogP contribution in [0, 0.1) is 0 Å². The first-order chi connectivity index (χ1) is 10.5. The van der Waals surface area contributed by atoms with E-state index in [4.69, 9.17) is 10.5 Å². The highest BCUT2D eigenvalue weighted by molar-refractivity contribution is 5.85. The molecule has 5 heteroatoms. The fourth-order valence-electron chi connectivity index (χ4n) is 3.00. The van der Waals surface area contributed by atoms with Gasteiger partial charge < -0.3 is 15.8 Å². The molecule has 0 unspecified atom stereocenters. The molecule has 0 atom stereocenters. The SMILES string of the molecule is CC(C)c1ccc(OCCC(=O)NC2(CN)CCCC2)cc1.Cl. The average molecular weight is 341 g/mol. The molecule has 0 aromatic heterocycles. The van der Waals surface area contributed by atoms with E-state index < -0.39 is 0 Å². The van der Waals surface area contributed by atoms with Gasteiger partial charge in [0.25, 0.3) is 0 Å². The molecule has 4 nitrogen and oxygen atoms in total. The lowest BCUT2D eigenvalue weighted by Gasteiger charge is -2.28. The first-order valence-electron chi connectivity index (χ1n) is 8.28. The zero-order valence-corrected chi connectivity index (χ0v) is 15.0. The van der Waals surface area contributed by atoms with Crippen LogP contribution in [0.4, 0.5) is 0 Å². The zero-order valence-electron chi connectivity index (χ0n) is 14.1. The number of amides is 1. The molecular formula is C18H29ClN2O2. The number of hydrogen-bond donors (Lipinski definition) is 2. The van der Waals surface area contributed by atoms with E-state index in [1.807, 2.05) is 12.1 Å². The molecule has 1 amide bonds. The molecule has 2 rings (SSSR count). The number of carbonyl (C=O) groups excluding carboxylic acids is 1. The maximum Gasteiger partial charge on any atom is 0.223 e. The van der Waals surface area contributed by atoms with Crippen LogP contribution in [-0.4, -0.2) is 24.6 Å². The Balaban J connectivity index is 0.00000264. The Labute approximate surface area is 145 Å². The molecule has 130 valence electrons. The van der Waals surface area contributed by atoms with Gasteiger partial charge in [0.1, 0.15) is 5.75 Å². The summed E-state index contributed by atoms with van der Waals surface area (Å²) in [6.07, 6.45) is 4.65. The van der Waals surface area contributed by atoms with Gasteiger partial charge in [0.05, 0.1) is 18.6 Å². The van der Waals surface area contributed by atoms with Crippen molar-refractivity contribution in [3.63, 3.8) is 0 Å². The van der Waals surface area contributed by atoms with E-state index >= 15 is 0 Å². The van der Waals surface area contributed by atoms with Crippen LogP contribution in [0.3, 0.4) is 0 Å². The van der Waals surface area contributed by atoms with Crippen LogP contribution in [0.25, 0.3) is 0 Å². The van der Waals surface area contributed by atoms with E-state index in [1.165, 1.54) is 5.56 Å². The van der Waals surface area contributed by atoms with Gasteiger partial charge in [-0.3, -0.25) is 4.79 Å². The summed E-state index contributed by atoms with van der Waals surface area (Å²) in [6, 6.07) is 8.07. The smallest absolute Gasteiger partial charge is 0.223 e. The molecule has 0 heterocycles. The highest BCUT2D eigenvalue weighted by Gasteiger charge is 2.33. The highest BCUT2D eigenvalue weighted by Crippen LogP contribution is 2.28. The second-order valence-corrected chi connectivity index (χ2v) is 6.56. The van der Waals surface area contributed by atoms with Gasteiger partial charge in [-0.05, 0) is 36.5 Å². The minimum atomic E-state index is -0.171. The Hall–Kier alpha value is -1.26. The summed E-state index contributed by atoms with van der Waals surface area (Å²) in [6.45, 7) is 5.25. The number of ether oxygens (including phenoxy) is 1. The molecule has 1 saturated carbocycles. The Morgan fingerprint density at radius 3 is 2.39 bits per heavy atom. The minimum Gasteiger partial charge on any atom is -0.493 e. The van der Waals surface area contributed by atoms with Crippen LogP contribution < -0.4 is 15.8 Å². The van der Waals surface area contributed by atoms with Gasteiger partial charge in [-0.15, -0.1) is 12.4 Å². The lowest BCUT2D eigenvalue weighted by molar-refractivity contribution is -0.123. The first kappa shape index (κ1) is 19.8. The van der Waals surface area contributed by atoms with Crippen molar-refractivity contribution in [3.8, 4) is 5.75 Å². The van der Waals surface area contributed by atoms with Gasteiger partial charge in [-0.25, -0.2) is 0 Å². The molecule has 1 aromatic rings. The first-order valence-corrected chi connectivity index (χ1v) is 8.28. The Morgan fingerprint density at radius 2 is 1.87 bits per heavy atom. The van der Waals surface area contributed by atoms with Gasteiger partial charge >= 0.3 is 0 Å². The summed E-state index contributed by atoms with van der Waals surface area (Å²) < 4.78 is 5.65. The molecule has 0 radical (unpaired) electrons. The van der Waals surface area contributed by atoms with Gasteiger partial charge in [-0.1, -0.05) is 38.8 Å². The topological polar surface area (TPSA) is 64.3 Å². The van der Waals surface area contributed by atoms with E-state index in [1.54, 1.807) is 0 Å². The van der Waals surface area contributed by atoms with Crippen LogP contribution >= 0.6 is 12.4 Å². The second-order valence-electron chi connectivity index (χ2n) is 6.56. The standard InChI is InChI=1S/C18H28N2O2.ClH/c1-14(2)15-5-7-16(8-6-15)22-12-9-17(21)20-18(13-19)10-3-4-11-18;/h5-8,14H,3-4,9-13,19H2,1-2H3,(H,20,21);1H. The molecule has 1 aliphatic carbocycles. The maximum atomic E-state index is 12.1. The number of nitrogens with one attached hydrogen (secondary N) is 1. The van der Waals surface area contributed by atoms with Crippen molar-refractivity contribution in [3.05, 3.63) is 29.8 Å². The van der Waals surface area contributed by atoms with Crippen LogP contribution in [0.5, 0.6) is 5.75 Å². The average Bonchev–Trinajstić information content (AvgIpc) is 2.97. The fraction of sp³-hybridized carbons (Fsp3) is 0.611. The number of benzene rings is 1. The molecule has 1 aliphatic rings. The minimum absolute atomic E-state index is 0. The molecular weight excluding hydrogens is 312 g/mol. The van der Waals surface area contributed by atoms with Crippen molar-refractivity contribution in [1.29, 1.82) is 0 Å². The summed E-state index contributed by atoms with van der Waals surface area (Å²) in [5, 5.41) is 3.11. The van der Waals surface area contributed by atoms with E-state index in [0.717, 1.165) is 31.4 Å². The Kier molecular flexibility index (Phi) is 7.86.